The fourth-order valence-electron chi connectivity index (χ4n) is 1.70. The van der Waals surface area contributed by atoms with Crippen LogP contribution in [0.1, 0.15) is 12.5 Å². The third kappa shape index (κ3) is 7.20. The number of ether oxygens (including phenoxy) is 2. The topological polar surface area (TPSA) is 33.7 Å². The second-order valence-electron chi connectivity index (χ2n) is 4.36. The molecule has 0 unspecified atom stereocenters. The monoisotopic (exact) mass is 322 g/mol. The van der Waals surface area contributed by atoms with Gasteiger partial charge in [0.2, 0.25) is 0 Å². The van der Waals surface area contributed by atoms with E-state index in [2.05, 4.69) is 30.4 Å². The zero-order valence-corrected chi connectivity index (χ0v) is 14.1. The van der Waals surface area contributed by atoms with Crippen molar-refractivity contribution in [2.45, 2.75) is 13.5 Å². The summed E-state index contributed by atoms with van der Waals surface area (Å²) < 4.78 is 11.0. The summed E-state index contributed by atoms with van der Waals surface area (Å²) >= 11 is 0. The van der Waals surface area contributed by atoms with Crippen molar-refractivity contribution >= 4 is 0 Å². The SMILES string of the molecule is CCOc1c(CNCCN(C)C)cccc1OC.[Cl-].[Cl-]. The molecule has 1 rings (SSSR count). The number of hydrogen-bond acceptors (Lipinski definition) is 4. The van der Waals surface area contributed by atoms with Gasteiger partial charge in [-0.05, 0) is 27.1 Å². The minimum atomic E-state index is 0. The molecule has 0 aliphatic rings. The summed E-state index contributed by atoms with van der Waals surface area (Å²) in [5.41, 5.74) is 1.13. The van der Waals surface area contributed by atoms with E-state index in [0.29, 0.717) is 6.61 Å². The molecule has 1 aromatic carbocycles. The van der Waals surface area contributed by atoms with E-state index in [9.17, 15) is 0 Å². The number of methoxy groups -OCH3 is 1. The summed E-state index contributed by atoms with van der Waals surface area (Å²) in [5, 5.41) is 3.41. The lowest BCUT2D eigenvalue weighted by molar-refractivity contribution is -0.001000. The van der Waals surface area contributed by atoms with Crippen molar-refractivity contribution in [2.75, 3.05) is 40.9 Å². The van der Waals surface area contributed by atoms with Gasteiger partial charge >= 0.3 is 0 Å². The summed E-state index contributed by atoms with van der Waals surface area (Å²) in [4.78, 5) is 2.15. The molecule has 0 heterocycles. The van der Waals surface area contributed by atoms with Gasteiger partial charge in [0.25, 0.3) is 0 Å². The van der Waals surface area contributed by atoms with Gasteiger partial charge in [0, 0.05) is 25.2 Å². The molecule has 1 N–H and O–H groups in total. The largest absolute Gasteiger partial charge is 1.00 e. The van der Waals surface area contributed by atoms with Crippen LogP contribution in [0, 0.1) is 0 Å². The molecule has 0 saturated heterocycles. The molecule has 0 aromatic heterocycles. The van der Waals surface area contributed by atoms with Gasteiger partial charge < -0.3 is 44.5 Å². The third-order valence-corrected chi connectivity index (χ3v) is 2.62. The van der Waals surface area contributed by atoms with Crippen molar-refractivity contribution in [1.82, 2.24) is 10.2 Å². The molecule has 20 heavy (non-hydrogen) atoms. The molecule has 1 aromatic rings. The maximum atomic E-state index is 5.66. The molecule has 0 saturated carbocycles. The van der Waals surface area contributed by atoms with E-state index < -0.39 is 0 Å². The number of likely N-dealkylation sites (N-methyl/N-ethyl adjacent to an activating group) is 1. The first-order valence-corrected chi connectivity index (χ1v) is 6.33. The number of para-hydroxylation sites is 1. The third-order valence-electron chi connectivity index (χ3n) is 2.62. The van der Waals surface area contributed by atoms with Crippen LogP contribution in [-0.2, 0) is 6.54 Å². The standard InChI is InChI=1S/C14H24N2O2.2ClH/c1-5-18-14-12(7-6-8-13(14)17-4)11-15-9-10-16(2)3;;/h6-8,15H,5,9-11H2,1-4H3;2*1H/p-2. The van der Waals surface area contributed by atoms with Crippen LogP contribution in [0.15, 0.2) is 18.2 Å². The Morgan fingerprint density at radius 2 is 1.90 bits per heavy atom. The minimum Gasteiger partial charge on any atom is -1.00 e. The number of nitrogens with one attached hydrogen (secondary N) is 1. The van der Waals surface area contributed by atoms with E-state index in [1.54, 1.807) is 7.11 Å². The Hall–Kier alpha value is -0.680. The summed E-state index contributed by atoms with van der Waals surface area (Å²) in [6, 6.07) is 5.98. The number of benzene rings is 1. The van der Waals surface area contributed by atoms with Crippen LogP contribution in [0.5, 0.6) is 11.5 Å². The van der Waals surface area contributed by atoms with E-state index >= 15 is 0 Å². The van der Waals surface area contributed by atoms with Gasteiger partial charge in [-0.1, -0.05) is 12.1 Å². The zero-order valence-electron chi connectivity index (χ0n) is 12.6. The Bertz CT molecular complexity index is 363. The summed E-state index contributed by atoms with van der Waals surface area (Å²) in [6.45, 7) is 5.39. The van der Waals surface area contributed by atoms with Crippen molar-refractivity contribution in [2.24, 2.45) is 0 Å². The molecule has 0 radical (unpaired) electrons. The fourth-order valence-corrected chi connectivity index (χ4v) is 1.70. The molecule has 4 nitrogen and oxygen atoms in total. The first kappa shape index (κ1) is 21.6. The Morgan fingerprint density at radius 3 is 2.45 bits per heavy atom. The van der Waals surface area contributed by atoms with Gasteiger partial charge in [0.15, 0.2) is 11.5 Å². The van der Waals surface area contributed by atoms with Crippen molar-refractivity contribution < 1.29 is 34.3 Å². The number of halogens is 2. The maximum Gasteiger partial charge on any atom is 0.165 e. The molecule has 0 fully saturated rings. The molecule has 0 aliphatic carbocycles. The highest BCUT2D eigenvalue weighted by Gasteiger charge is 2.09. The van der Waals surface area contributed by atoms with Crippen LogP contribution in [0.2, 0.25) is 0 Å². The molecular weight excluding hydrogens is 299 g/mol. The average Bonchev–Trinajstić information content (AvgIpc) is 2.36. The highest BCUT2D eigenvalue weighted by Crippen LogP contribution is 2.30. The van der Waals surface area contributed by atoms with E-state index in [0.717, 1.165) is 36.7 Å². The maximum absolute atomic E-state index is 5.66. The predicted octanol–water partition coefficient (Wildman–Crippen LogP) is -4.25. The number of hydrogen-bond donors (Lipinski definition) is 1. The van der Waals surface area contributed by atoms with Gasteiger partial charge in [-0.2, -0.15) is 0 Å². The Labute approximate surface area is 134 Å². The van der Waals surface area contributed by atoms with E-state index in [1.165, 1.54) is 0 Å². The zero-order chi connectivity index (χ0) is 13.4. The molecule has 118 valence electrons. The molecule has 0 amide bonds. The first-order valence-electron chi connectivity index (χ1n) is 6.33. The quantitative estimate of drug-likeness (QED) is 0.492. The second kappa shape index (κ2) is 12.1. The molecular formula is C14H24Cl2N2O2-2. The number of nitrogens with zero attached hydrogens (tertiary/aromatic N) is 1. The average molecular weight is 323 g/mol. The molecule has 0 bridgehead atoms. The van der Waals surface area contributed by atoms with Crippen LogP contribution in [0.25, 0.3) is 0 Å². The number of rotatable bonds is 8. The Morgan fingerprint density at radius 1 is 1.20 bits per heavy atom. The molecule has 0 spiro atoms. The first-order chi connectivity index (χ1) is 8.69. The lowest BCUT2D eigenvalue weighted by atomic mass is 10.2. The van der Waals surface area contributed by atoms with Crippen LogP contribution >= 0.6 is 0 Å². The Kier molecular flexibility index (Phi) is 13.1. The Balaban J connectivity index is 0. The fraction of sp³-hybridized carbons (Fsp3) is 0.571. The minimum absolute atomic E-state index is 0. The summed E-state index contributed by atoms with van der Waals surface area (Å²) in [6.07, 6.45) is 0. The molecule has 0 atom stereocenters. The van der Waals surface area contributed by atoms with Gasteiger partial charge in [-0.25, -0.2) is 0 Å². The highest BCUT2D eigenvalue weighted by molar-refractivity contribution is 5.46. The van der Waals surface area contributed by atoms with Gasteiger partial charge in [0.1, 0.15) is 0 Å². The van der Waals surface area contributed by atoms with Crippen LogP contribution in [0.4, 0.5) is 0 Å². The van der Waals surface area contributed by atoms with E-state index in [-0.39, 0.29) is 24.8 Å². The van der Waals surface area contributed by atoms with Gasteiger partial charge in [0.05, 0.1) is 13.7 Å². The summed E-state index contributed by atoms with van der Waals surface area (Å²) in [7, 11) is 5.80. The van der Waals surface area contributed by atoms with E-state index in [4.69, 9.17) is 9.47 Å². The van der Waals surface area contributed by atoms with Crippen molar-refractivity contribution in [3.8, 4) is 11.5 Å². The van der Waals surface area contributed by atoms with Crippen molar-refractivity contribution in [3.05, 3.63) is 23.8 Å². The second-order valence-corrected chi connectivity index (χ2v) is 4.36. The van der Waals surface area contributed by atoms with Gasteiger partial charge in [-0.3, -0.25) is 0 Å². The van der Waals surface area contributed by atoms with Crippen LogP contribution in [-0.4, -0.2) is 45.8 Å². The van der Waals surface area contributed by atoms with E-state index in [1.807, 2.05) is 19.1 Å². The highest BCUT2D eigenvalue weighted by atomic mass is 35.5. The lowest BCUT2D eigenvalue weighted by Gasteiger charge is -2.15. The molecule has 6 heteroatoms. The smallest absolute Gasteiger partial charge is 0.165 e. The summed E-state index contributed by atoms with van der Waals surface area (Å²) in [5.74, 6) is 1.64. The van der Waals surface area contributed by atoms with Crippen LogP contribution in [0.3, 0.4) is 0 Å². The molecule has 0 aliphatic heterocycles. The van der Waals surface area contributed by atoms with Gasteiger partial charge in [-0.15, -0.1) is 0 Å². The van der Waals surface area contributed by atoms with Crippen molar-refractivity contribution in [1.29, 1.82) is 0 Å². The predicted molar refractivity (Wildman–Crippen MR) is 74.4 cm³/mol. The van der Waals surface area contributed by atoms with Crippen molar-refractivity contribution in [3.63, 3.8) is 0 Å². The lowest BCUT2D eigenvalue weighted by Crippen LogP contribution is -3.00. The van der Waals surface area contributed by atoms with Crippen LogP contribution < -0.4 is 39.6 Å². The normalized spacial score (nSPS) is 9.65.